The average molecular weight is 305 g/mol. The summed E-state index contributed by atoms with van der Waals surface area (Å²) in [5, 5.41) is 2.91. The third-order valence-electron chi connectivity index (χ3n) is 3.33. The van der Waals surface area contributed by atoms with E-state index in [9.17, 15) is 13.2 Å². The van der Waals surface area contributed by atoms with Crippen molar-refractivity contribution < 1.29 is 13.2 Å². The molecule has 0 bridgehead atoms. The van der Waals surface area contributed by atoms with Crippen molar-refractivity contribution >= 4 is 25.6 Å². The number of aromatic nitrogens is 1. The zero-order chi connectivity index (χ0) is 14.0. The maximum Gasteiger partial charge on any atom is 0.267 e. The van der Waals surface area contributed by atoms with Gasteiger partial charge in [-0.05, 0) is 24.8 Å². The van der Waals surface area contributed by atoms with E-state index in [1.54, 1.807) is 0 Å². The minimum absolute atomic E-state index is 0.0884. The number of rotatable bonds is 6. The van der Waals surface area contributed by atoms with Crippen molar-refractivity contribution in [2.45, 2.75) is 43.5 Å². The summed E-state index contributed by atoms with van der Waals surface area (Å²) in [5.41, 5.74) is 0.216. The highest BCUT2D eigenvalue weighted by Crippen LogP contribution is 2.34. The largest absolute Gasteiger partial charge is 0.356 e. The van der Waals surface area contributed by atoms with Crippen LogP contribution in [0.25, 0.3) is 0 Å². The van der Waals surface area contributed by atoms with Crippen molar-refractivity contribution in [1.29, 1.82) is 0 Å². The lowest BCUT2D eigenvalue weighted by molar-refractivity contribution is 0.0928. The molecule has 1 aliphatic rings. The maximum absolute atomic E-state index is 12.0. The molecule has 7 heteroatoms. The van der Waals surface area contributed by atoms with Gasteiger partial charge in [-0.1, -0.05) is 19.8 Å². The van der Waals surface area contributed by atoms with Gasteiger partial charge in [0.1, 0.15) is 10.6 Å². The van der Waals surface area contributed by atoms with E-state index in [1.165, 1.54) is 25.1 Å². The van der Waals surface area contributed by atoms with Crippen molar-refractivity contribution in [2.24, 2.45) is 5.92 Å². The molecule has 0 spiro atoms. The molecular formula is C12H17ClN2O3S. The lowest BCUT2D eigenvalue weighted by Crippen LogP contribution is -2.34. The second-order valence-electron chi connectivity index (χ2n) is 4.94. The molecule has 2 rings (SSSR count). The molecule has 1 aromatic rings. The number of aromatic amines is 1. The van der Waals surface area contributed by atoms with Crippen LogP contribution in [0.1, 0.15) is 43.1 Å². The molecule has 1 saturated carbocycles. The summed E-state index contributed by atoms with van der Waals surface area (Å²) in [6.07, 6.45) is 5.55. The van der Waals surface area contributed by atoms with Gasteiger partial charge in [0.05, 0.1) is 0 Å². The first kappa shape index (κ1) is 14.4. The van der Waals surface area contributed by atoms with Crippen LogP contribution in [0, 0.1) is 5.92 Å². The molecule has 1 aromatic heterocycles. The average Bonchev–Trinajstić information content (AvgIpc) is 2.98. The minimum Gasteiger partial charge on any atom is -0.356 e. The Morgan fingerprint density at radius 1 is 1.58 bits per heavy atom. The van der Waals surface area contributed by atoms with E-state index in [1.807, 2.05) is 6.92 Å². The lowest BCUT2D eigenvalue weighted by atomic mass is 10.1. The van der Waals surface area contributed by atoms with E-state index in [0.717, 1.165) is 18.8 Å². The fourth-order valence-electron chi connectivity index (χ4n) is 1.99. The van der Waals surface area contributed by atoms with Gasteiger partial charge in [-0.25, -0.2) is 8.42 Å². The Morgan fingerprint density at radius 2 is 2.26 bits per heavy atom. The predicted octanol–water partition coefficient (Wildman–Crippen LogP) is 2.25. The van der Waals surface area contributed by atoms with Crippen molar-refractivity contribution in [3.63, 3.8) is 0 Å². The van der Waals surface area contributed by atoms with Crippen molar-refractivity contribution in [3.05, 3.63) is 18.0 Å². The molecule has 0 saturated heterocycles. The number of carbonyl (C=O) groups excluding carboxylic acids is 1. The Bertz CT molecular complexity index is 563. The van der Waals surface area contributed by atoms with Crippen LogP contribution < -0.4 is 5.32 Å². The van der Waals surface area contributed by atoms with Crippen LogP contribution in [-0.2, 0) is 9.05 Å². The fourth-order valence-corrected chi connectivity index (χ4v) is 2.72. The van der Waals surface area contributed by atoms with E-state index in [-0.39, 0.29) is 22.5 Å². The number of nitrogens with one attached hydrogen (secondary N) is 2. The third-order valence-corrected chi connectivity index (χ3v) is 4.66. The monoisotopic (exact) mass is 304 g/mol. The first-order chi connectivity index (χ1) is 8.90. The summed E-state index contributed by atoms with van der Waals surface area (Å²) in [5.74, 6) is 0.437. The molecule has 106 valence electrons. The van der Waals surface area contributed by atoms with Crippen LogP contribution in [0.5, 0.6) is 0 Å². The van der Waals surface area contributed by atoms with Crippen LogP contribution in [0.3, 0.4) is 0 Å². The van der Waals surface area contributed by atoms with E-state index in [0.29, 0.717) is 0 Å². The second-order valence-corrected chi connectivity index (χ2v) is 7.51. The number of hydrogen-bond donors (Lipinski definition) is 2. The smallest absolute Gasteiger partial charge is 0.267 e. The van der Waals surface area contributed by atoms with Gasteiger partial charge >= 0.3 is 0 Å². The van der Waals surface area contributed by atoms with Crippen molar-refractivity contribution in [3.8, 4) is 0 Å². The maximum atomic E-state index is 12.0. The second kappa shape index (κ2) is 5.54. The van der Waals surface area contributed by atoms with Crippen LogP contribution in [-0.4, -0.2) is 25.4 Å². The van der Waals surface area contributed by atoms with Gasteiger partial charge in [-0.3, -0.25) is 4.79 Å². The Morgan fingerprint density at radius 3 is 2.74 bits per heavy atom. The topological polar surface area (TPSA) is 79.0 Å². The number of amides is 1. The molecular weight excluding hydrogens is 288 g/mol. The fraction of sp³-hybridized carbons (Fsp3) is 0.583. The Balaban J connectivity index is 2.00. The van der Waals surface area contributed by atoms with Crippen LogP contribution in [0.2, 0.25) is 0 Å². The highest BCUT2D eigenvalue weighted by atomic mass is 35.7. The molecule has 1 unspecified atom stereocenters. The van der Waals surface area contributed by atoms with E-state index >= 15 is 0 Å². The van der Waals surface area contributed by atoms with Crippen LogP contribution >= 0.6 is 10.7 Å². The quantitative estimate of drug-likeness (QED) is 0.791. The van der Waals surface area contributed by atoms with Crippen molar-refractivity contribution in [1.82, 2.24) is 10.3 Å². The minimum atomic E-state index is -3.80. The molecule has 1 amide bonds. The Labute approximate surface area is 117 Å². The number of carbonyl (C=O) groups is 1. The van der Waals surface area contributed by atoms with E-state index in [4.69, 9.17) is 10.7 Å². The molecule has 5 nitrogen and oxygen atoms in total. The first-order valence-corrected chi connectivity index (χ1v) is 8.65. The summed E-state index contributed by atoms with van der Waals surface area (Å²) in [6.45, 7) is 2.02. The third kappa shape index (κ3) is 3.98. The molecule has 1 heterocycles. The molecule has 0 aliphatic heterocycles. The highest BCUT2D eigenvalue weighted by Gasteiger charge is 2.26. The zero-order valence-electron chi connectivity index (χ0n) is 10.6. The summed E-state index contributed by atoms with van der Waals surface area (Å²) in [6, 6.07) is 1.39. The van der Waals surface area contributed by atoms with Gasteiger partial charge in [0.15, 0.2) is 0 Å². The SMILES string of the molecule is CCC(CC1CC1)NC(=O)c1cc(S(=O)(=O)Cl)c[nH]1. The van der Waals surface area contributed by atoms with Gasteiger partial charge in [-0.15, -0.1) is 0 Å². The zero-order valence-corrected chi connectivity index (χ0v) is 12.2. The van der Waals surface area contributed by atoms with Crippen LogP contribution in [0.4, 0.5) is 0 Å². The van der Waals surface area contributed by atoms with Gasteiger partial charge in [-0.2, -0.15) is 0 Å². The van der Waals surface area contributed by atoms with Gasteiger partial charge < -0.3 is 10.3 Å². The van der Waals surface area contributed by atoms with Crippen LogP contribution in [0.15, 0.2) is 17.2 Å². The summed E-state index contributed by atoms with van der Waals surface area (Å²) in [4.78, 5) is 14.5. The summed E-state index contributed by atoms with van der Waals surface area (Å²) < 4.78 is 22.2. The molecule has 1 aliphatic carbocycles. The summed E-state index contributed by atoms with van der Waals surface area (Å²) >= 11 is 0. The normalized spacial score (nSPS) is 17.2. The molecule has 2 N–H and O–H groups in total. The number of hydrogen-bond acceptors (Lipinski definition) is 3. The highest BCUT2D eigenvalue weighted by molar-refractivity contribution is 8.13. The number of halogens is 1. The Kier molecular flexibility index (Phi) is 4.20. The molecule has 1 atom stereocenters. The molecule has 1 fully saturated rings. The Hall–Kier alpha value is -1.01. The van der Waals surface area contributed by atoms with Gasteiger partial charge in [0.2, 0.25) is 0 Å². The summed E-state index contributed by atoms with van der Waals surface area (Å²) in [7, 11) is 1.41. The van der Waals surface area contributed by atoms with Gasteiger partial charge in [0, 0.05) is 22.9 Å². The van der Waals surface area contributed by atoms with Gasteiger partial charge in [0.25, 0.3) is 15.0 Å². The van der Waals surface area contributed by atoms with E-state index in [2.05, 4.69) is 10.3 Å². The molecule has 0 radical (unpaired) electrons. The molecule has 0 aromatic carbocycles. The first-order valence-electron chi connectivity index (χ1n) is 6.34. The lowest BCUT2D eigenvalue weighted by Gasteiger charge is -2.15. The predicted molar refractivity (Wildman–Crippen MR) is 72.7 cm³/mol. The van der Waals surface area contributed by atoms with Crippen molar-refractivity contribution in [2.75, 3.05) is 0 Å². The number of H-pyrrole nitrogens is 1. The van der Waals surface area contributed by atoms with E-state index < -0.39 is 9.05 Å². The molecule has 19 heavy (non-hydrogen) atoms. The standard InChI is InChI=1S/C12H17ClN2O3S/c1-2-9(5-8-3-4-8)15-12(16)11-6-10(7-14-11)19(13,17)18/h6-9,14H,2-5H2,1H3,(H,15,16).